The maximum absolute atomic E-state index is 11.7. The first-order valence-corrected chi connectivity index (χ1v) is 7.93. The van der Waals surface area contributed by atoms with Gasteiger partial charge in [-0.25, -0.2) is 4.79 Å². The van der Waals surface area contributed by atoms with Crippen molar-refractivity contribution in [3.05, 3.63) is 53.9 Å². The molecule has 0 aliphatic heterocycles. The van der Waals surface area contributed by atoms with Crippen LogP contribution in [0, 0.1) is 0 Å². The topological polar surface area (TPSA) is 96.2 Å². The lowest BCUT2D eigenvalue weighted by molar-refractivity contribution is -0.137. The Morgan fingerprint density at radius 3 is 2.67 bits per heavy atom. The third-order valence-electron chi connectivity index (χ3n) is 3.54. The highest BCUT2D eigenvalue weighted by Gasteiger charge is 2.06. The molecule has 2 rings (SSSR count). The minimum Gasteiger partial charge on any atom is -0.481 e. The minimum absolute atomic E-state index is 0.0482. The molecular weight excluding hydrogens is 308 g/mol. The predicted octanol–water partition coefficient (Wildman–Crippen LogP) is 1.79. The molecular formula is C17H22N4O3. The van der Waals surface area contributed by atoms with E-state index >= 15 is 0 Å². The lowest BCUT2D eigenvalue weighted by Crippen LogP contribution is -2.36. The molecule has 1 aromatic carbocycles. The zero-order chi connectivity index (χ0) is 17.2. The van der Waals surface area contributed by atoms with Crippen LogP contribution < -0.4 is 10.6 Å². The Morgan fingerprint density at radius 1 is 1.12 bits per heavy atom. The number of aryl methyl sites for hydroxylation is 2. The first kappa shape index (κ1) is 17.5. The Bertz CT molecular complexity index is 655. The fourth-order valence-electron chi connectivity index (χ4n) is 2.27. The summed E-state index contributed by atoms with van der Waals surface area (Å²) in [6, 6.07) is 11.7. The summed E-state index contributed by atoms with van der Waals surface area (Å²) in [5.41, 5.74) is 2.16. The summed E-state index contributed by atoms with van der Waals surface area (Å²) in [5, 5.41) is 18.2. The smallest absolute Gasteiger partial charge is 0.315 e. The fourth-order valence-corrected chi connectivity index (χ4v) is 2.27. The summed E-state index contributed by atoms with van der Waals surface area (Å²) >= 11 is 0. The van der Waals surface area contributed by atoms with E-state index in [0.717, 1.165) is 18.7 Å². The van der Waals surface area contributed by atoms with E-state index in [-0.39, 0.29) is 12.5 Å². The average molecular weight is 330 g/mol. The average Bonchev–Trinajstić information content (AvgIpc) is 3.03. The van der Waals surface area contributed by atoms with E-state index in [1.807, 2.05) is 28.9 Å². The first-order valence-electron chi connectivity index (χ1n) is 7.93. The molecule has 2 amide bonds. The largest absolute Gasteiger partial charge is 0.481 e. The molecule has 0 saturated heterocycles. The Balaban J connectivity index is 1.72. The Kier molecular flexibility index (Phi) is 6.82. The van der Waals surface area contributed by atoms with Gasteiger partial charge in [-0.05, 0) is 24.5 Å². The number of aliphatic carboxylic acids is 1. The van der Waals surface area contributed by atoms with Gasteiger partial charge in [0.05, 0.1) is 12.2 Å². The van der Waals surface area contributed by atoms with E-state index in [0.29, 0.717) is 19.5 Å². The highest BCUT2D eigenvalue weighted by Crippen LogP contribution is 2.04. The summed E-state index contributed by atoms with van der Waals surface area (Å²) in [6.45, 7) is 1.46. The van der Waals surface area contributed by atoms with Crippen molar-refractivity contribution < 1.29 is 14.7 Å². The van der Waals surface area contributed by atoms with Gasteiger partial charge in [0.25, 0.3) is 0 Å². The Morgan fingerprint density at radius 2 is 1.92 bits per heavy atom. The molecule has 128 valence electrons. The molecule has 7 nitrogen and oxygen atoms in total. The van der Waals surface area contributed by atoms with Crippen LogP contribution >= 0.6 is 0 Å². The van der Waals surface area contributed by atoms with Crippen LogP contribution in [0.5, 0.6) is 0 Å². The van der Waals surface area contributed by atoms with Crippen molar-refractivity contribution in [2.24, 2.45) is 0 Å². The molecule has 0 atom stereocenters. The van der Waals surface area contributed by atoms with Crippen LogP contribution in [0.4, 0.5) is 4.79 Å². The molecule has 0 unspecified atom stereocenters. The normalized spacial score (nSPS) is 10.3. The molecule has 2 aromatic rings. The van der Waals surface area contributed by atoms with Gasteiger partial charge in [0, 0.05) is 25.7 Å². The fraction of sp³-hybridized carbons (Fsp3) is 0.353. The van der Waals surface area contributed by atoms with Crippen LogP contribution in [0.15, 0.2) is 42.6 Å². The number of nitrogens with one attached hydrogen (secondary N) is 2. The molecule has 1 heterocycles. The number of benzene rings is 1. The molecule has 0 fully saturated rings. The van der Waals surface area contributed by atoms with Crippen molar-refractivity contribution in [2.75, 3.05) is 6.54 Å². The van der Waals surface area contributed by atoms with Crippen LogP contribution in [0.2, 0.25) is 0 Å². The minimum atomic E-state index is -0.862. The van der Waals surface area contributed by atoms with Gasteiger partial charge in [0.1, 0.15) is 0 Å². The van der Waals surface area contributed by atoms with Crippen molar-refractivity contribution in [3.8, 4) is 0 Å². The molecule has 3 N–H and O–H groups in total. The third-order valence-corrected chi connectivity index (χ3v) is 3.54. The lowest BCUT2D eigenvalue weighted by Gasteiger charge is -2.10. The van der Waals surface area contributed by atoms with E-state index in [1.165, 1.54) is 5.56 Å². The maximum atomic E-state index is 11.7. The number of nitrogens with zero attached hydrogens (tertiary/aromatic N) is 2. The number of carbonyl (C=O) groups excluding carboxylic acids is 1. The van der Waals surface area contributed by atoms with Crippen molar-refractivity contribution in [1.82, 2.24) is 20.4 Å². The van der Waals surface area contributed by atoms with E-state index < -0.39 is 5.97 Å². The molecule has 0 saturated carbocycles. The van der Waals surface area contributed by atoms with E-state index in [9.17, 15) is 9.59 Å². The predicted molar refractivity (Wildman–Crippen MR) is 89.5 cm³/mol. The SMILES string of the molecule is O=C(O)CCCNC(=O)NCc1ccnn1CCc1ccccc1. The van der Waals surface area contributed by atoms with Gasteiger partial charge in [0.15, 0.2) is 0 Å². The van der Waals surface area contributed by atoms with Gasteiger partial charge in [-0.2, -0.15) is 5.10 Å². The molecule has 1 aromatic heterocycles. The van der Waals surface area contributed by atoms with Gasteiger partial charge in [0.2, 0.25) is 0 Å². The van der Waals surface area contributed by atoms with Crippen LogP contribution in [-0.4, -0.2) is 33.4 Å². The molecule has 0 radical (unpaired) electrons. The number of aromatic nitrogens is 2. The van der Waals surface area contributed by atoms with Crippen molar-refractivity contribution >= 4 is 12.0 Å². The Hall–Kier alpha value is -2.83. The summed E-state index contributed by atoms with van der Waals surface area (Å²) < 4.78 is 1.87. The quantitative estimate of drug-likeness (QED) is 0.611. The number of hydrogen-bond acceptors (Lipinski definition) is 3. The van der Waals surface area contributed by atoms with Crippen LogP contribution in [0.25, 0.3) is 0 Å². The number of hydrogen-bond donors (Lipinski definition) is 3. The maximum Gasteiger partial charge on any atom is 0.315 e. The van der Waals surface area contributed by atoms with Crippen LogP contribution in [0.3, 0.4) is 0 Å². The third kappa shape index (κ3) is 6.12. The summed E-state index contributed by atoms with van der Waals surface area (Å²) in [6.07, 6.45) is 3.05. The van der Waals surface area contributed by atoms with E-state index in [2.05, 4.69) is 27.9 Å². The molecule has 24 heavy (non-hydrogen) atoms. The highest BCUT2D eigenvalue weighted by molar-refractivity contribution is 5.73. The molecule has 0 bridgehead atoms. The summed E-state index contributed by atoms with van der Waals surface area (Å²) in [7, 11) is 0. The van der Waals surface area contributed by atoms with Crippen LogP contribution in [-0.2, 0) is 24.3 Å². The van der Waals surface area contributed by atoms with Crippen LogP contribution in [0.1, 0.15) is 24.1 Å². The van der Waals surface area contributed by atoms with Gasteiger partial charge < -0.3 is 15.7 Å². The number of rotatable bonds is 9. The van der Waals surface area contributed by atoms with Gasteiger partial charge in [-0.15, -0.1) is 0 Å². The van der Waals surface area contributed by atoms with Crippen molar-refractivity contribution in [1.29, 1.82) is 0 Å². The second kappa shape index (κ2) is 9.34. The first-order chi connectivity index (χ1) is 11.6. The number of carbonyl (C=O) groups is 2. The number of amides is 2. The molecule has 7 heteroatoms. The van der Waals surface area contributed by atoms with Gasteiger partial charge in [-0.3, -0.25) is 9.48 Å². The Labute approximate surface area is 140 Å². The van der Waals surface area contributed by atoms with E-state index in [4.69, 9.17) is 5.11 Å². The number of carboxylic acids is 1. The highest BCUT2D eigenvalue weighted by atomic mass is 16.4. The van der Waals surface area contributed by atoms with Crippen molar-refractivity contribution in [2.45, 2.75) is 32.4 Å². The van der Waals surface area contributed by atoms with Crippen molar-refractivity contribution in [3.63, 3.8) is 0 Å². The lowest BCUT2D eigenvalue weighted by atomic mass is 10.1. The van der Waals surface area contributed by atoms with Gasteiger partial charge >= 0.3 is 12.0 Å². The molecule has 0 aliphatic carbocycles. The number of carboxylic acid groups (broad SMARTS) is 1. The molecule has 0 aliphatic rings. The summed E-state index contributed by atoms with van der Waals surface area (Å²) in [4.78, 5) is 22.1. The zero-order valence-corrected chi connectivity index (χ0v) is 13.4. The van der Waals surface area contributed by atoms with Gasteiger partial charge in [-0.1, -0.05) is 30.3 Å². The summed E-state index contributed by atoms with van der Waals surface area (Å²) in [5.74, 6) is -0.862. The second-order valence-corrected chi connectivity index (χ2v) is 5.39. The number of urea groups is 1. The second-order valence-electron chi connectivity index (χ2n) is 5.39. The zero-order valence-electron chi connectivity index (χ0n) is 13.4. The van der Waals surface area contributed by atoms with E-state index in [1.54, 1.807) is 6.20 Å². The standard InChI is InChI=1S/C17H22N4O3/c22-16(23)7-4-10-18-17(24)19-13-15-8-11-20-21(15)12-9-14-5-2-1-3-6-14/h1-3,5-6,8,11H,4,7,9-10,12-13H2,(H,22,23)(H2,18,19,24). The monoisotopic (exact) mass is 330 g/mol. The molecule has 0 spiro atoms.